The lowest BCUT2D eigenvalue weighted by Gasteiger charge is -2.25. The molecule has 0 aliphatic heterocycles. The predicted octanol–water partition coefficient (Wildman–Crippen LogP) is 2.60. The molecular formula is C11H16N2. The molecule has 0 atom stereocenters. The maximum atomic E-state index is 4.24. The lowest BCUT2D eigenvalue weighted by Crippen LogP contribution is -2.20. The molecule has 70 valence electrons. The van der Waals surface area contributed by atoms with Gasteiger partial charge >= 0.3 is 0 Å². The second kappa shape index (κ2) is 3.77. The van der Waals surface area contributed by atoms with Gasteiger partial charge in [-0.1, -0.05) is 6.42 Å². The zero-order valence-electron chi connectivity index (χ0n) is 8.09. The summed E-state index contributed by atoms with van der Waals surface area (Å²) < 4.78 is 0. The van der Waals surface area contributed by atoms with Gasteiger partial charge in [0.25, 0.3) is 0 Å². The van der Waals surface area contributed by atoms with E-state index in [0.717, 1.165) is 23.8 Å². The summed E-state index contributed by atoms with van der Waals surface area (Å²) in [6.45, 7) is 3.13. The molecule has 2 heteroatoms. The van der Waals surface area contributed by atoms with E-state index in [1.165, 1.54) is 19.3 Å². The van der Waals surface area contributed by atoms with Crippen molar-refractivity contribution in [2.75, 3.05) is 11.9 Å². The summed E-state index contributed by atoms with van der Waals surface area (Å²) in [5, 5.41) is 3.41. The maximum absolute atomic E-state index is 4.24. The number of aryl methyl sites for hydroxylation is 1. The first-order valence-electron chi connectivity index (χ1n) is 5.01. The molecule has 1 heterocycles. The SMILES string of the molecule is Cc1ccc(NCC2CCC2)cn1. The predicted molar refractivity (Wildman–Crippen MR) is 54.8 cm³/mol. The quantitative estimate of drug-likeness (QED) is 0.765. The smallest absolute Gasteiger partial charge is 0.0527 e. The van der Waals surface area contributed by atoms with Crippen LogP contribution in [0.3, 0.4) is 0 Å². The van der Waals surface area contributed by atoms with Crippen molar-refractivity contribution in [3.63, 3.8) is 0 Å². The average Bonchev–Trinajstić information content (AvgIpc) is 2.05. The van der Waals surface area contributed by atoms with Gasteiger partial charge < -0.3 is 5.32 Å². The minimum absolute atomic E-state index is 0.904. The van der Waals surface area contributed by atoms with Gasteiger partial charge in [-0.3, -0.25) is 4.98 Å². The Morgan fingerprint density at radius 1 is 1.46 bits per heavy atom. The normalized spacial score (nSPS) is 16.7. The van der Waals surface area contributed by atoms with Gasteiger partial charge in [0.2, 0.25) is 0 Å². The molecular weight excluding hydrogens is 160 g/mol. The van der Waals surface area contributed by atoms with Crippen LogP contribution in [-0.4, -0.2) is 11.5 Å². The van der Waals surface area contributed by atoms with Crippen LogP contribution in [0.5, 0.6) is 0 Å². The first kappa shape index (κ1) is 8.54. The largest absolute Gasteiger partial charge is 0.384 e. The van der Waals surface area contributed by atoms with Gasteiger partial charge in [-0.25, -0.2) is 0 Å². The number of pyridine rings is 1. The fourth-order valence-corrected chi connectivity index (χ4v) is 1.53. The Morgan fingerprint density at radius 3 is 2.85 bits per heavy atom. The van der Waals surface area contributed by atoms with E-state index in [1.54, 1.807) is 0 Å². The second-order valence-corrected chi connectivity index (χ2v) is 3.87. The average molecular weight is 176 g/mol. The summed E-state index contributed by atoms with van der Waals surface area (Å²) in [6, 6.07) is 4.14. The molecule has 0 saturated heterocycles. The number of nitrogens with one attached hydrogen (secondary N) is 1. The van der Waals surface area contributed by atoms with E-state index in [9.17, 15) is 0 Å². The fourth-order valence-electron chi connectivity index (χ4n) is 1.53. The molecule has 0 amide bonds. The number of hydrogen-bond acceptors (Lipinski definition) is 2. The zero-order chi connectivity index (χ0) is 9.10. The summed E-state index contributed by atoms with van der Waals surface area (Å²) in [5.41, 5.74) is 2.23. The molecule has 1 saturated carbocycles. The Hall–Kier alpha value is -1.05. The topological polar surface area (TPSA) is 24.9 Å². The van der Waals surface area contributed by atoms with Crippen LogP contribution < -0.4 is 5.32 Å². The minimum Gasteiger partial charge on any atom is -0.384 e. The number of rotatable bonds is 3. The van der Waals surface area contributed by atoms with Gasteiger partial charge in [-0.15, -0.1) is 0 Å². The summed E-state index contributed by atoms with van der Waals surface area (Å²) in [4.78, 5) is 4.24. The molecule has 1 aliphatic rings. The molecule has 1 aliphatic carbocycles. The van der Waals surface area contributed by atoms with Crippen LogP contribution in [0, 0.1) is 12.8 Å². The molecule has 1 fully saturated rings. The van der Waals surface area contributed by atoms with Gasteiger partial charge in [0, 0.05) is 12.2 Å². The Labute approximate surface area is 79.4 Å². The molecule has 2 rings (SSSR count). The second-order valence-electron chi connectivity index (χ2n) is 3.87. The monoisotopic (exact) mass is 176 g/mol. The third-order valence-electron chi connectivity index (χ3n) is 2.73. The molecule has 0 spiro atoms. The minimum atomic E-state index is 0.904. The highest BCUT2D eigenvalue weighted by Crippen LogP contribution is 2.26. The van der Waals surface area contributed by atoms with Gasteiger partial charge in [-0.2, -0.15) is 0 Å². The van der Waals surface area contributed by atoms with E-state index in [0.29, 0.717) is 0 Å². The van der Waals surface area contributed by atoms with Crippen LogP contribution >= 0.6 is 0 Å². The number of nitrogens with zero attached hydrogens (tertiary/aromatic N) is 1. The molecule has 0 unspecified atom stereocenters. The van der Waals surface area contributed by atoms with E-state index in [-0.39, 0.29) is 0 Å². The van der Waals surface area contributed by atoms with Crippen molar-refractivity contribution in [2.24, 2.45) is 5.92 Å². The number of aromatic nitrogens is 1. The van der Waals surface area contributed by atoms with Crippen molar-refractivity contribution in [3.8, 4) is 0 Å². The van der Waals surface area contributed by atoms with Gasteiger partial charge in [0.1, 0.15) is 0 Å². The first-order valence-corrected chi connectivity index (χ1v) is 5.01. The number of anilines is 1. The highest BCUT2D eigenvalue weighted by Gasteiger charge is 2.16. The van der Waals surface area contributed by atoms with Crippen molar-refractivity contribution in [1.82, 2.24) is 4.98 Å². The fraction of sp³-hybridized carbons (Fsp3) is 0.545. The van der Waals surface area contributed by atoms with E-state index in [4.69, 9.17) is 0 Å². The Kier molecular flexibility index (Phi) is 2.48. The maximum Gasteiger partial charge on any atom is 0.0527 e. The van der Waals surface area contributed by atoms with E-state index in [1.807, 2.05) is 19.2 Å². The molecule has 13 heavy (non-hydrogen) atoms. The van der Waals surface area contributed by atoms with Crippen LogP contribution in [0.1, 0.15) is 25.0 Å². The Bertz CT molecular complexity index is 262. The molecule has 1 N–H and O–H groups in total. The van der Waals surface area contributed by atoms with E-state index in [2.05, 4.69) is 16.4 Å². The summed E-state index contributed by atoms with van der Waals surface area (Å²) in [6.07, 6.45) is 6.12. The van der Waals surface area contributed by atoms with Crippen LogP contribution in [0.15, 0.2) is 18.3 Å². The highest BCUT2D eigenvalue weighted by molar-refractivity contribution is 5.40. The highest BCUT2D eigenvalue weighted by atomic mass is 14.9. The third kappa shape index (κ3) is 2.20. The van der Waals surface area contributed by atoms with Crippen molar-refractivity contribution in [2.45, 2.75) is 26.2 Å². The lowest BCUT2D eigenvalue weighted by atomic mass is 9.85. The Morgan fingerprint density at radius 2 is 2.31 bits per heavy atom. The summed E-state index contributed by atoms with van der Waals surface area (Å²) in [5.74, 6) is 0.904. The summed E-state index contributed by atoms with van der Waals surface area (Å²) >= 11 is 0. The van der Waals surface area contributed by atoms with Gasteiger partial charge in [-0.05, 0) is 37.8 Å². The van der Waals surface area contributed by atoms with Crippen molar-refractivity contribution in [3.05, 3.63) is 24.0 Å². The summed E-state index contributed by atoms with van der Waals surface area (Å²) in [7, 11) is 0. The van der Waals surface area contributed by atoms with Crippen LogP contribution in [0.25, 0.3) is 0 Å². The standard InChI is InChI=1S/C11H16N2/c1-9-5-6-11(8-12-9)13-7-10-3-2-4-10/h5-6,8,10,13H,2-4,7H2,1H3. The number of hydrogen-bond donors (Lipinski definition) is 1. The first-order chi connectivity index (χ1) is 6.34. The molecule has 1 aromatic heterocycles. The van der Waals surface area contributed by atoms with Crippen LogP contribution in [0.4, 0.5) is 5.69 Å². The van der Waals surface area contributed by atoms with E-state index >= 15 is 0 Å². The van der Waals surface area contributed by atoms with Crippen LogP contribution in [-0.2, 0) is 0 Å². The van der Waals surface area contributed by atoms with E-state index < -0.39 is 0 Å². The molecule has 0 aromatic carbocycles. The van der Waals surface area contributed by atoms with Crippen molar-refractivity contribution >= 4 is 5.69 Å². The molecule has 0 radical (unpaired) electrons. The zero-order valence-corrected chi connectivity index (χ0v) is 8.09. The molecule has 0 bridgehead atoms. The van der Waals surface area contributed by atoms with Crippen molar-refractivity contribution < 1.29 is 0 Å². The third-order valence-corrected chi connectivity index (χ3v) is 2.73. The van der Waals surface area contributed by atoms with Crippen molar-refractivity contribution in [1.29, 1.82) is 0 Å². The Balaban J connectivity index is 1.83. The molecule has 2 nitrogen and oxygen atoms in total. The molecule has 1 aromatic rings. The van der Waals surface area contributed by atoms with Crippen LogP contribution in [0.2, 0.25) is 0 Å². The lowest BCUT2D eigenvalue weighted by molar-refractivity contribution is 0.333. The van der Waals surface area contributed by atoms with Gasteiger partial charge in [0.05, 0.1) is 11.9 Å². The van der Waals surface area contributed by atoms with Gasteiger partial charge in [0.15, 0.2) is 0 Å².